The fourth-order valence-electron chi connectivity index (χ4n) is 5.91. The second-order valence-electron chi connectivity index (χ2n) is 11.4. The Morgan fingerprint density at radius 3 is 2.64 bits per heavy atom. The van der Waals surface area contributed by atoms with Crippen LogP contribution in [0.25, 0.3) is 0 Å². The topological polar surface area (TPSA) is 90.9 Å². The first-order chi connectivity index (χ1) is 20.2. The molecule has 2 aromatic rings. The normalized spacial score (nSPS) is 25.4. The first-order valence-electron chi connectivity index (χ1n) is 14.4. The van der Waals surface area contributed by atoms with E-state index in [2.05, 4.69) is 10.6 Å². The molecule has 2 heterocycles. The van der Waals surface area contributed by atoms with Crippen LogP contribution in [0, 0.1) is 23.5 Å². The fourth-order valence-corrected chi connectivity index (χ4v) is 6.07. The summed E-state index contributed by atoms with van der Waals surface area (Å²) in [4.78, 5) is 27.8. The zero-order valence-corrected chi connectivity index (χ0v) is 24.0. The molecule has 224 valence electrons. The van der Waals surface area contributed by atoms with Crippen LogP contribution in [0.4, 0.5) is 8.78 Å². The van der Waals surface area contributed by atoms with Gasteiger partial charge in [-0.1, -0.05) is 54.1 Å². The van der Waals surface area contributed by atoms with Crippen molar-refractivity contribution in [3.8, 4) is 0 Å². The number of amides is 2. The van der Waals surface area contributed by atoms with E-state index in [4.69, 9.17) is 16.3 Å². The fraction of sp³-hybridized carbons (Fsp3) is 0.438. The van der Waals surface area contributed by atoms with Gasteiger partial charge in [0.05, 0.1) is 30.8 Å². The van der Waals surface area contributed by atoms with E-state index in [0.29, 0.717) is 36.7 Å². The number of benzene rings is 2. The molecule has 7 nitrogen and oxygen atoms in total. The van der Waals surface area contributed by atoms with Gasteiger partial charge >= 0.3 is 0 Å². The molecule has 0 aromatic heterocycles. The summed E-state index contributed by atoms with van der Waals surface area (Å²) < 4.78 is 34.0. The number of hydrogen-bond acceptors (Lipinski definition) is 5. The van der Waals surface area contributed by atoms with Crippen molar-refractivity contribution in [3.63, 3.8) is 0 Å². The smallest absolute Gasteiger partial charge is 0.225 e. The summed E-state index contributed by atoms with van der Waals surface area (Å²) in [5, 5.41) is 18.3. The second kappa shape index (κ2) is 13.9. The lowest BCUT2D eigenvalue weighted by Crippen LogP contribution is -2.53. The summed E-state index contributed by atoms with van der Waals surface area (Å²) in [6.07, 6.45) is 5.78. The largest absolute Gasteiger partial charge is 0.389 e. The van der Waals surface area contributed by atoms with Gasteiger partial charge in [0, 0.05) is 43.2 Å². The maximum atomic E-state index is 14.0. The van der Waals surface area contributed by atoms with Crippen molar-refractivity contribution in [1.82, 2.24) is 15.5 Å². The molecule has 5 rings (SSSR count). The highest BCUT2D eigenvalue weighted by atomic mass is 35.5. The Bertz CT molecular complexity index is 1300. The Labute approximate surface area is 249 Å². The highest BCUT2D eigenvalue weighted by molar-refractivity contribution is 6.31. The number of allylic oxidation sites excluding steroid dienone is 3. The summed E-state index contributed by atoms with van der Waals surface area (Å²) in [5.74, 6) is -2.42. The minimum Gasteiger partial charge on any atom is -0.389 e. The van der Waals surface area contributed by atoms with Crippen molar-refractivity contribution in [2.24, 2.45) is 11.8 Å². The lowest BCUT2D eigenvalue weighted by molar-refractivity contribution is -0.129. The monoisotopic (exact) mass is 599 g/mol. The van der Waals surface area contributed by atoms with Crippen LogP contribution in [0.2, 0.25) is 0 Å². The molecule has 0 spiro atoms. The number of ether oxygens (including phenoxy) is 1. The van der Waals surface area contributed by atoms with Crippen LogP contribution in [0.15, 0.2) is 71.8 Å². The highest BCUT2D eigenvalue weighted by Gasteiger charge is 2.39. The van der Waals surface area contributed by atoms with Crippen LogP contribution in [0.5, 0.6) is 0 Å². The number of likely N-dealkylation sites (tertiary alicyclic amines) is 1. The third-order valence-corrected chi connectivity index (χ3v) is 8.45. The number of hydrogen-bond donors (Lipinski definition) is 3. The molecule has 10 heteroatoms. The zero-order chi connectivity index (χ0) is 29.6. The molecule has 2 saturated heterocycles. The van der Waals surface area contributed by atoms with E-state index < -0.39 is 35.7 Å². The molecule has 2 aliphatic heterocycles. The molecule has 2 unspecified atom stereocenters. The van der Waals surface area contributed by atoms with Gasteiger partial charge in [0.15, 0.2) is 0 Å². The van der Waals surface area contributed by atoms with E-state index in [1.54, 1.807) is 4.90 Å². The predicted octanol–water partition coefficient (Wildman–Crippen LogP) is 3.85. The Hall–Kier alpha value is -3.11. The predicted molar refractivity (Wildman–Crippen MR) is 155 cm³/mol. The summed E-state index contributed by atoms with van der Waals surface area (Å²) in [6, 6.07) is 11.7. The van der Waals surface area contributed by atoms with E-state index in [1.807, 2.05) is 48.6 Å². The Morgan fingerprint density at radius 2 is 1.93 bits per heavy atom. The van der Waals surface area contributed by atoms with Gasteiger partial charge in [-0.2, -0.15) is 0 Å². The number of aliphatic hydroxyl groups excluding tert-OH is 1. The Morgan fingerprint density at radius 1 is 1.17 bits per heavy atom. The van der Waals surface area contributed by atoms with Crippen molar-refractivity contribution in [2.45, 2.75) is 56.6 Å². The minimum absolute atomic E-state index is 0.0135. The maximum Gasteiger partial charge on any atom is 0.225 e. The van der Waals surface area contributed by atoms with E-state index in [1.165, 1.54) is 12.1 Å². The zero-order valence-electron chi connectivity index (χ0n) is 23.2. The second-order valence-corrected chi connectivity index (χ2v) is 11.8. The van der Waals surface area contributed by atoms with Crippen molar-refractivity contribution >= 4 is 23.4 Å². The number of aliphatic hydroxyl groups is 1. The van der Waals surface area contributed by atoms with Gasteiger partial charge in [-0.3, -0.25) is 9.59 Å². The van der Waals surface area contributed by atoms with Crippen LogP contribution in [0.3, 0.4) is 0 Å². The SMILES string of the molecule is O=C(N[C@@H](Cc1cc(F)cc(F)c1)[C@H](O)[C@H]1C[C@@H](OCc2ccccc2)CN1)C1CC(=O)N(CC2C=CC(Cl)=CC2)C1. The maximum absolute atomic E-state index is 14.0. The van der Waals surface area contributed by atoms with Crippen molar-refractivity contribution in [2.75, 3.05) is 19.6 Å². The number of carbonyl (C=O) groups excluding carboxylic acids is 2. The standard InChI is InChI=1S/C32H36ClF2N3O4/c33-24-8-6-20(7-9-24)17-38-18-23(13-30(38)39)32(41)37-29(12-22-10-25(34)14-26(35)11-22)31(40)28-15-27(16-36-28)42-19-21-4-2-1-3-5-21/h1-6,8-11,14,20,23,27-29,31,36,40H,7,12-13,15-19H2,(H,37,41)/t20?,23?,27-,28-,29+,31-/m1/s1. The number of nitrogens with one attached hydrogen (secondary N) is 2. The molecule has 3 N–H and O–H groups in total. The van der Waals surface area contributed by atoms with Gasteiger partial charge in [0.2, 0.25) is 11.8 Å². The molecule has 2 aromatic carbocycles. The van der Waals surface area contributed by atoms with E-state index in [-0.39, 0.29) is 43.2 Å². The van der Waals surface area contributed by atoms with Crippen molar-refractivity contribution < 1.29 is 28.2 Å². The lowest BCUT2D eigenvalue weighted by atomic mass is 9.94. The summed E-state index contributed by atoms with van der Waals surface area (Å²) in [7, 11) is 0. The molecule has 3 aliphatic rings. The first-order valence-corrected chi connectivity index (χ1v) is 14.7. The number of nitrogens with zero attached hydrogens (tertiary/aromatic N) is 1. The molecule has 1 aliphatic carbocycles. The molecule has 2 amide bonds. The molecule has 2 fully saturated rings. The number of carbonyl (C=O) groups is 2. The Kier molecular flexibility index (Phi) is 10.1. The molecule has 6 atom stereocenters. The summed E-state index contributed by atoms with van der Waals surface area (Å²) >= 11 is 6.00. The van der Waals surface area contributed by atoms with Crippen LogP contribution in [-0.2, 0) is 27.4 Å². The van der Waals surface area contributed by atoms with E-state index in [0.717, 1.165) is 18.1 Å². The van der Waals surface area contributed by atoms with Crippen LogP contribution < -0.4 is 10.6 Å². The first kappa shape index (κ1) is 30.4. The molecule has 0 saturated carbocycles. The van der Waals surface area contributed by atoms with Gasteiger partial charge in [-0.05, 0) is 54.5 Å². The van der Waals surface area contributed by atoms with Crippen molar-refractivity contribution in [1.29, 1.82) is 0 Å². The molecular weight excluding hydrogens is 564 g/mol. The summed E-state index contributed by atoms with van der Waals surface area (Å²) in [6.45, 7) is 1.71. The molecule has 42 heavy (non-hydrogen) atoms. The average molecular weight is 600 g/mol. The van der Waals surface area contributed by atoms with Gasteiger partial charge in [0.1, 0.15) is 11.6 Å². The third-order valence-electron chi connectivity index (χ3n) is 8.17. The quantitative estimate of drug-likeness (QED) is 0.365. The highest BCUT2D eigenvalue weighted by Crippen LogP contribution is 2.25. The minimum atomic E-state index is -1.07. The van der Waals surface area contributed by atoms with Crippen LogP contribution in [0.1, 0.15) is 30.4 Å². The third kappa shape index (κ3) is 8.04. The van der Waals surface area contributed by atoms with E-state index in [9.17, 15) is 23.5 Å². The van der Waals surface area contributed by atoms with Crippen LogP contribution >= 0.6 is 11.6 Å². The summed E-state index contributed by atoms with van der Waals surface area (Å²) in [5.41, 5.74) is 1.35. The molecule has 0 radical (unpaired) electrons. The lowest BCUT2D eigenvalue weighted by Gasteiger charge is -2.30. The number of halogens is 3. The number of rotatable bonds is 11. The average Bonchev–Trinajstić information content (AvgIpc) is 3.59. The van der Waals surface area contributed by atoms with Gasteiger partial charge < -0.3 is 25.4 Å². The molecular formula is C32H36ClF2N3O4. The molecule has 0 bridgehead atoms. The van der Waals surface area contributed by atoms with Gasteiger partial charge in [0.25, 0.3) is 0 Å². The Balaban J connectivity index is 1.22. The van der Waals surface area contributed by atoms with Gasteiger partial charge in [-0.25, -0.2) is 8.78 Å². The van der Waals surface area contributed by atoms with Crippen LogP contribution in [-0.4, -0.2) is 65.7 Å². The van der Waals surface area contributed by atoms with Gasteiger partial charge in [-0.15, -0.1) is 0 Å². The van der Waals surface area contributed by atoms with E-state index >= 15 is 0 Å². The van der Waals surface area contributed by atoms with Crippen molar-refractivity contribution in [3.05, 3.63) is 94.6 Å².